The minimum absolute atomic E-state index is 0.0556. The van der Waals surface area contributed by atoms with Crippen LogP contribution in [0, 0.1) is 11.6 Å². The van der Waals surface area contributed by atoms with Crippen molar-refractivity contribution in [3.05, 3.63) is 29.8 Å². The van der Waals surface area contributed by atoms with Crippen molar-refractivity contribution < 1.29 is 22.3 Å². The zero-order valence-corrected chi connectivity index (χ0v) is 11.3. The van der Waals surface area contributed by atoms with Crippen molar-refractivity contribution in [2.45, 2.75) is 30.3 Å². The van der Waals surface area contributed by atoms with E-state index in [2.05, 4.69) is 0 Å². The van der Waals surface area contributed by atoms with E-state index in [-0.39, 0.29) is 13.1 Å². The summed E-state index contributed by atoms with van der Waals surface area (Å²) in [4.78, 5) is -0.563. The van der Waals surface area contributed by atoms with Crippen LogP contribution < -0.4 is 0 Å². The highest BCUT2D eigenvalue weighted by atomic mass is 32.2. The SMILES string of the molecule is CCCC1(O)CN(S(=O)(=O)c2ccc(F)cc2F)C1. The molecule has 0 radical (unpaired) electrons. The van der Waals surface area contributed by atoms with Crippen LogP contribution in [0.25, 0.3) is 0 Å². The lowest BCUT2D eigenvalue weighted by Crippen LogP contribution is -2.63. The molecule has 0 amide bonds. The van der Waals surface area contributed by atoms with Gasteiger partial charge in [0, 0.05) is 19.2 Å². The average molecular weight is 291 g/mol. The van der Waals surface area contributed by atoms with Crippen molar-refractivity contribution >= 4 is 10.0 Å². The van der Waals surface area contributed by atoms with Crippen LogP contribution in [0.3, 0.4) is 0 Å². The summed E-state index contributed by atoms with van der Waals surface area (Å²) in [5.41, 5.74) is -1.03. The summed E-state index contributed by atoms with van der Waals surface area (Å²) >= 11 is 0. The van der Waals surface area contributed by atoms with Crippen molar-refractivity contribution in [2.24, 2.45) is 0 Å². The van der Waals surface area contributed by atoms with Crippen LogP contribution in [0.4, 0.5) is 8.78 Å². The zero-order chi connectivity index (χ0) is 14.3. The third-order valence-electron chi connectivity index (χ3n) is 3.17. The zero-order valence-electron chi connectivity index (χ0n) is 10.4. The minimum Gasteiger partial charge on any atom is -0.387 e. The van der Waals surface area contributed by atoms with Gasteiger partial charge in [-0.05, 0) is 18.6 Å². The summed E-state index contributed by atoms with van der Waals surface area (Å²) in [6, 6.07) is 2.33. The molecule has 1 heterocycles. The second kappa shape index (κ2) is 4.81. The maximum absolute atomic E-state index is 13.5. The molecule has 7 heteroatoms. The molecule has 1 aliphatic rings. The van der Waals surface area contributed by atoms with Crippen LogP contribution in [-0.2, 0) is 10.0 Å². The Balaban J connectivity index is 2.21. The minimum atomic E-state index is -4.01. The number of β-amino-alcohol motifs (C(OH)–C–C–N with tert-alkyl or cyclic N) is 1. The summed E-state index contributed by atoms with van der Waals surface area (Å²) in [7, 11) is -4.01. The molecule has 106 valence electrons. The number of benzene rings is 1. The van der Waals surface area contributed by atoms with Gasteiger partial charge in [0.15, 0.2) is 0 Å². The molecule has 1 aromatic rings. The van der Waals surface area contributed by atoms with Crippen LogP contribution in [0.5, 0.6) is 0 Å². The summed E-state index contributed by atoms with van der Waals surface area (Å²) in [6.45, 7) is 1.77. The van der Waals surface area contributed by atoms with E-state index < -0.39 is 32.2 Å². The Morgan fingerprint density at radius 1 is 1.37 bits per heavy atom. The first kappa shape index (κ1) is 14.4. The third kappa shape index (κ3) is 2.63. The van der Waals surface area contributed by atoms with Crippen molar-refractivity contribution in [1.82, 2.24) is 4.31 Å². The number of aliphatic hydroxyl groups is 1. The number of hydrogen-bond donors (Lipinski definition) is 1. The fraction of sp³-hybridized carbons (Fsp3) is 0.500. The molecule has 0 saturated carbocycles. The Labute approximate surface area is 110 Å². The molecule has 19 heavy (non-hydrogen) atoms. The van der Waals surface area contributed by atoms with E-state index in [0.29, 0.717) is 12.5 Å². The molecule has 4 nitrogen and oxygen atoms in total. The van der Waals surface area contributed by atoms with E-state index >= 15 is 0 Å². The van der Waals surface area contributed by atoms with E-state index in [0.717, 1.165) is 22.9 Å². The van der Waals surface area contributed by atoms with E-state index in [1.165, 1.54) is 0 Å². The van der Waals surface area contributed by atoms with Crippen molar-refractivity contribution in [2.75, 3.05) is 13.1 Å². The molecule has 0 aromatic heterocycles. The van der Waals surface area contributed by atoms with Crippen molar-refractivity contribution in [1.29, 1.82) is 0 Å². The maximum atomic E-state index is 13.5. The Morgan fingerprint density at radius 2 is 2.00 bits per heavy atom. The number of halogens is 2. The van der Waals surface area contributed by atoms with Gasteiger partial charge in [0.05, 0.1) is 5.60 Å². The largest absolute Gasteiger partial charge is 0.387 e. The first-order valence-electron chi connectivity index (χ1n) is 5.96. The quantitative estimate of drug-likeness (QED) is 0.914. The van der Waals surface area contributed by atoms with Crippen LogP contribution in [0.15, 0.2) is 23.1 Å². The molecule has 1 saturated heterocycles. The van der Waals surface area contributed by atoms with Gasteiger partial charge in [-0.3, -0.25) is 0 Å². The molecule has 1 fully saturated rings. The number of hydrogen-bond acceptors (Lipinski definition) is 3. The fourth-order valence-corrected chi connectivity index (χ4v) is 3.87. The van der Waals surface area contributed by atoms with Crippen molar-refractivity contribution in [3.63, 3.8) is 0 Å². The molecule has 1 aromatic carbocycles. The summed E-state index contributed by atoms with van der Waals surface area (Å²) in [6.07, 6.45) is 1.22. The van der Waals surface area contributed by atoms with Gasteiger partial charge in [-0.1, -0.05) is 13.3 Å². The summed E-state index contributed by atoms with van der Waals surface area (Å²) < 4.78 is 51.4. The molecular formula is C12H15F2NO3S. The first-order valence-corrected chi connectivity index (χ1v) is 7.40. The lowest BCUT2D eigenvalue weighted by Gasteiger charge is -2.45. The Kier molecular flexibility index (Phi) is 3.63. The second-order valence-corrected chi connectivity index (χ2v) is 6.73. The normalized spacial score (nSPS) is 19.2. The Hall–Kier alpha value is -1.05. The molecule has 0 atom stereocenters. The predicted molar refractivity (Wildman–Crippen MR) is 65.0 cm³/mol. The van der Waals surface area contributed by atoms with Crippen LogP contribution in [0.2, 0.25) is 0 Å². The van der Waals surface area contributed by atoms with Gasteiger partial charge in [0.2, 0.25) is 10.0 Å². The maximum Gasteiger partial charge on any atom is 0.246 e. The number of rotatable bonds is 4. The first-order chi connectivity index (χ1) is 8.78. The van der Waals surface area contributed by atoms with E-state index in [1.807, 2.05) is 6.92 Å². The summed E-state index contributed by atoms with van der Waals surface area (Å²) in [5, 5.41) is 9.94. The van der Waals surface area contributed by atoms with Gasteiger partial charge in [0.25, 0.3) is 0 Å². The highest BCUT2D eigenvalue weighted by Gasteiger charge is 2.47. The Bertz CT molecular complexity index is 583. The lowest BCUT2D eigenvalue weighted by molar-refractivity contribution is -0.0654. The highest BCUT2D eigenvalue weighted by molar-refractivity contribution is 7.89. The second-order valence-electron chi connectivity index (χ2n) is 4.82. The van der Waals surface area contributed by atoms with Gasteiger partial charge in [-0.15, -0.1) is 0 Å². The molecular weight excluding hydrogens is 276 g/mol. The van der Waals surface area contributed by atoms with E-state index in [4.69, 9.17) is 0 Å². The topological polar surface area (TPSA) is 57.6 Å². The van der Waals surface area contributed by atoms with Gasteiger partial charge >= 0.3 is 0 Å². The lowest BCUT2D eigenvalue weighted by atomic mass is 9.92. The smallest absolute Gasteiger partial charge is 0.246 e. The van der Waals surface area contributed by atoms with Gasteiger partial charge < -0.3 is 5.11 Å². The predicted octanol–water partition coefficient (Wildman–Crippen LogP) is 1.50. The standard InChI is InChI=1S/C12H15F2NO3S/c1-2-5-12(16)7-15(8-12)19(17,18)11-4-3-9(13)6-10(11)14/h3-4,6,16H,2,5,7-8H2,1H3. The number of nitrogens with zero attached hydrogens (tertiary/aromatic N) is 1. The molecule has 0 aliphatic carbocycles. The molecule has 0 spiro atoms. The van der Waals surface area contributed by atoms with Gasteiger partial charge in [-0.2, -0.15) is 4.31 Å². The molecule has 1 N–H and O–H groups in total. The van der Waals surface area contributed by atoms with E-state index in [1.54, 1.807) is 0 Å². The van der Waals surface area contributed by atoms with Crippen LogP contribution in [0.1, 0.15) is 19.8 Å². The van der Waals surface area contributed by atoms with Gasteiger partial charge in [0.1, 0.15) is 16.5 Å². The highest BCUT2D eigenvalue weighted by Crippen LogP contribution is 2.32. The molecule has 2 rings (SSSR count). The van der Waals surface area contributed by atoms with Crippen molar-refractivity contribution in [3.8, 4) is 0 Å². The molecule has 1 aliphatic heterocycles. The monoisotopic (exact) mass is 291 g/mol. The Morgan fingerprint density at radius 3 is 2.53 bits per heavy atom. The van der Waals surface area contributed by atoms with E-state index in [9.17, 15) is 22.3 Å². The molecule has 0 bridgehead atoms. The third-order valence-corrected chi connectivity index (χ3v) is 4.99. The van der Waals surface area contributed by atoms with Gasteiger partial charge in [-0.25, -0.2) is 17.2 Å². The summed E-state index contributed by atoms with van der Waals surface area (Å²) in [5.74, 6) is -1.95. The molecule has 0 unspecified atom stereocenters. The number of sulfonamides is 1. The van der Waals surface area contributed by atoms with Crippen LogP contribution in [-0.4, -0.2) is 36.5 Å². The fourth-order valence-electron chi connectivity index (χ4n) is 2.23. The van der Waals surface area contributed by atoms with Crippen LogP contribution >= 0.6 is 0 Å². The average Bonchev–Trinajstić information content (AvgIpc) is 2.25.